The van der Waals surface area contributed by atoms with E-state index >= 15 is 0 Å². The standard InChI is InChI=1S/C13H15NO5/c1-2-7-19-11-6-4-3-5-9(11)12(16)14-10(8-15)13(17)18/h2-6,10,15H,1,7-8H2,(H,14,16)(H,17,18). The quantitative estimate of drug-likeness (QED) is 0.621. The summed E-state index contributed by atoms with van der Waals surface area (Å²) in [7, 11) is 0. The van der Waals surface area contributed by atoms with Gasteiger partial charge < -0.3 is 20.3 Å². The Kier molecular flexibility index (Phi) is 5.56. The van der Waals surface area contributed by atoms with E-state index in [4.69, 9.17) is 14.9 Å². The summed E-state index contributed by atoms with van der Waals surface area (Å²) in [6, 6.07) is 5.07. The van der Waals surface area contributed by atoms with E-state index in [9.17, 15) is 9.59 Å². The highest BCUT2D eigenvalue weighted by atomic mass is 16.5. The molecule has 19 heavy (non-hydrogen) atoms. The van der Waals surface area contributed by atoms with Crippen molar-refractivity contribution in [1.29, 1.82) is 0 Å². The Morgan fingerprint density at radius 1 is 1.42 bits per heavy atom. The van der Waals surface area contributed by atoms with Gasteiger partial charge in [0.25, 0.3) is 5.91 Å². The number of hydrogen-bond acceptors (Lipinski definition) is 4. The van der Waals surface area contributed by atoms with Gasteiger partial charge in [0.1, 0.15) is 12.4 Å². The van der Waals surface area contributed by atoms with E-state index < -0.39 is 24.5 Å². The summed E-state index contributed by atoms with van der Waals surface area (Å²) in [5.74, 6) is -1.61. The predicted octanol–water partition coefficient (Wildman–Crippen LogP) is 0.427. The van der Waals surface area contributed by atoms with Crippen LogP contribution in [0.25, 0.3) is 0 Å². The van der Waals surface area contributed by atoms with Gasteiger partial charge in [-0.3, -0.25) is 4.79 Å². The molecule has 0 fully saturated rings. The van der Waals surface area contributed by atoms with E-state index in [0.29, 0.717) is 5.75 Å². The van der Waals surface area contributed by atoms with Gasteiger partial charge in [-0.05, 0) is 12.1 Å². The number of carbonyl (C=O) groups is 2. The summed E-state index contributed by atoms with van der Waals surface area (Å²) < 4.78 is 5.29. The molecule has 1 rings (SSSR count). The molecule has 0 aliphatic heterocycles. The number of rotatable bonds is 7. The van der Waals surface area contributed by atoms with Gasteiger partial charge >= 0.3 is 5.97 Å². The molecule has 1 unspecified atom stereocenters. The summed E-state index contributed by atoms with van der Waals surface area (Å²) in [5.41, 5.74) is 0.198. The van der Waals surface area contributed by atoms with Crippen LogP contribution in [-0.2, 0) is 4.79 Å². The molecule has 0 aromatic heterocycles. The van der Waals surface area contributed by atoms with Crippen molar-refractivity contribution < 1.29 is 24.5 Å². The van der Waals surface area contributed by atoms with Gasteiger partial charge in [0.15, 0.2) is 6.04 Å². The van der Waals surface area contributed by atoms with Gasteiger partial charge in [-0.25, -0.2) is 4.79 Å². The highest BCUT2D eigenvalue weighted by Crippen LogP contribution is 2.17. The second kappa shape index (κ2) is 7.17. The first-order valence-electron chi connectivity index (χ1n) is 5.57. The average Bonchev–Trinajstić information content (AvgIpc) is 2.42. The molecule has 0 spiro atoms. The number of aliphatic hydroxyl groups excluding tert-OH is 1. The Balaban J connectivity index is 2.86. The van der Waals surface area contributed by atoms with Crippen molar-refractivity contribution in [3.05, 3.63) is 42.5 Å². The monoisotopic (exact) mass is 265 g/mol. The summed E-state index contributed by atoms with van der Waals surface area (Å²) in [6.07, 6.45) is 1.53. The summed E-state index contributed by atoms with van der Waals surface area (Å²) in [4.78, 5) is 22.6. The fraction of sp³-hybridized carbons (Fsp3) is 0.231. The largest absolute Gasteiger partial charge is 0.489 e. The van der Waals surface area contributed by atoms with Crippen LogP contribution in [0.1, 0.15) is 10.4 Å². The summed E-state index contributed by atoms with van der Waals surface area (Å²) >= 11 is 0. The minimum atomic E-state index is -1.35. The number of ether oxygens (including phenoxy) is 1. The van der Waals surface area contributed by atoms with Crippen molar-refractivity contribution in [1.82, 2.24) is 5.32 Å². The minimum Gasteiger partial charge on any atom is -0.489 e. The Hall–Kier alpha value is -2.34. The number of nitrogens with one attached hydrogen (secondary N) is 1. The average molecular weight is 265 g/mol. The number of para-hydroxylation sites is 1. The molecule has 0 saturated heterocycles. The number of benzene rings is 1. The molecule has 6 heteroatoms. The normalized spacial score (nSPS) is 11.4. The number of carbonyl (C=O) groups excluding carboxylic acids is 1. The van der Waals surface area contributed by atoms with E-state index in [1.54, 1.807) is 18.2 Å². The van der Waals surface area contributed by atoms with Crippen LogP contribution < -0.4 is 10.1 Å². The van der Waals surface area contributed by atoms with E-state index in [0.717, 1.165) is 0 Å². The van der Waals surface area contributed by atoms with Gasteiger partial charge in [-0.1, -0.05) is 24.8 Å². The highest BCUT2D eigenvalue weighted by molar-refractivity contribution is 5.98. The zero-order valence-electron chi connectivity index (χ0n) is 10.2. The fourth-order valence-corrected chi connectivity index (χ4v) is 1.35. The lowest BCUT2D eigenvalue weighted by Crippen LogP contribution is -2.43. The van der Waals surface area contributed by atoms with Crippen molar-refractivity contribution in [2.45, 2.75) is 6.04 Å². The number of carboxylic acids is 1. The number of amides is 1. The molecule has 0 bridgehead atoms. The molecule has 0 saturated carbocycles. The lowest BCUT2D eigenvalue weighted by Gasteiger charge is -2.14. The first-order chi connectivity index (χ1) is 9.10. The zero-order valence-corrected chi connectivity index (χ0v) is 10.2. The van der Waals surface area contributed by atoms with Crippen LogP contribution in [0.2, 0.25) is 0 Å². The van der Waals surface area contributed by atoms with Crippen LogP contribution in [-0.4, -0.2) is 41.3 Å². The maximum Gasteiger partial charge on any atom is 0.328 e. The van der Waals surface area contributed by atoms with E-state index in [1.165, 1.54) is 12.1 Å². The first-order valence-corrected chi connectivity index (χ1v) is 5.57. The van der Waals surface area contributed by atoms with Gasteiger partial charge in [0.05, 0.1) is 12.2 Å². The lowest BCUT2D eigenvalue weighted by molar-refractivity contribution is -0.140. The third kappa shape index (κ3) is 4.11. The predicted molar refractivity (Wildman–Crippen MR) is 68.1 cm³/mol. The smallest absolute Gasteiger partial charge is 0.328 e. The third-order valence-corrected chi connectivity index (χ3v) is 2.27. The van der Waals surface area contributed by atoms with Crippen molar-refractivity contribution in [2.75, 3.05) is 13.2 Å². The molecule has 0 aliphatic rings. The van der Waals surface area contributed by atoms with Crippen LogP contribution in [0, 0.1) is 0 Å². The molecule has 102 valence electrons. The number of hydrogen-bond donors (Lipinski definition) is 3. The van der Waals surface area contributed by atoms with Gasteiger partial charge in [-0.2, -0.15) is 0 Å². The van der Waals surface area contributed by atoms with Crippen LogP contribution in [0.4, 0.5) is 0 Å². The molecule has 0 heterocycles. The molecule has 6 nitrogen and oxygen atoms in total. The lowest BCUT2D eigenvalue weighted by atomic mass is 10.1. The van der Waals surface area contributed by atoms with Crippen molar-refractivity contribution in [3.63, 3.8) is 0 Å². The Labute approximate surface area is 110 Å². The van der Waals surface area contributed by atoms with Crippen molar-refractivity contribution >= 4 is 11.9 Å². The molecular weight excluding hydrogens is 250 g/mol. The van der Waals surface area contributed by atoms with Gasteiger partial charge in [0.2, 0.25) is 0 Å². The minimum absolute atomic E-state index is 0.198. The number of aliphatic carboxylic acids is 1. The maximum atomic E-state index is 11.9. The molecular formula is C13H15NO5. The van der Waals surface area contributed by atoms with Crippen LogP contribution in [0.15, 0.2) is 36.9 Å². The van der Waals surface area contributed by atoms with Crippen molar-refractivity contribution in [2.24, 2.45) is 0 Å². The Bertz CT molecular complexity index is 472. The maximum absolute atomic E-state index is 11.9. The highest BCUT2D eigenvalue weighted by Gasteiger charge is 2.21. The van der Waals surface area contributed by atoms with E-state index in [1.807, 2.05) is 0 Å². The number of aliphatic hydroxyl groups is 1. The van der Waals surface area contributed by atoms with Gasteiger partial charge in [-0.15, -0.1) is 0 Å². The fourth-order valence-electron chi connectivity index (χ4n) is 1.35. The molecule has 1 aromatic rings. The Morgan fingerprint density at radius 2 is 2.11 bits per heavy atom. The molecule has 1 atom stereocenters. The first kappa shape index (κ1) is 14.7. The SMILES string of the molecule is C=CCOc1ccccc1C(=O)NC(CO)C(=O)O. The molecule has 1 aromatic carbocycles. The topological polar surface area (TPSA) is 95.9 Å². The molecule has 0 radical (unpaired) electrons. The third-order valence-electron chi connectivity index (χ3n) is 2.27. The summed E-state index contributed by atoms with van der Waals surface area (Å²) in [6.45, 7) is 3.04. The van der Waals surface area contributed by atoms with Crippen LogP contribution in [0.5, 0.6) is 5.75 Å². The zero-order chi connectivity index (χ0) is 14.3. The van der Waals surface area contributed by atoms with Crippen LogP contribution in [0.3, 0.4) is 0 Å². The molecule has 3 N–H and O–H groups in total. The molecule has 0 aliphatic carbocycles. The second-order valence-corrected chi connectivity index (χ2v) is 3.64. The van der Waals surface area contributed by atoms with E-state index in [2.05, 4.69) is 11.9 Å². The number of carboxylic acid groups (broad SMARTS) is 1. The van der Waals surface area contributed by atoms with Crippen molar-refractivity contribution in [3.8, 4) is 5.75 Å². The second-order valence-electron chi connectivity index (χ2n) is 3.64. The van der Waals surface area contributed by atoms with Crippen LogP contribution >= 0.6 is 0 Å². The van der Waals surface area contributed by atoms with Gasteiger partial charge in [0, 0.05) is 0 Å². The summed E-state index contributed by atoms with van der Waals surface area (Å²) in [5, 5.41) is 19.8. The molecule has 1 amide bonds. The Morgan fingerprint density at radius 3 is 2.68 bits per heavy atom. The van der Waals surface area contributed by atoms with E-state index in [-0.39, 0.29) is 12.2 Å².